The van der Waals surface area contributed by atoms with Gasteiger partial charge < -0.3 is 24.6 Å². The number of hydrogen-bond acceptors (Lipinski definition) is 7. The second-order valence-electron chi connectivity index (χ2n) is 9.33. The monoisotopic (exact) mass is 498 g/mol. The van der Waals surface area contributed by atoms with E-state index >= 15 is 0 Å². The van der Waals surface area contributed by atoms with E-state index in [2.05, 4.69) is 4.90 Å². The summed E-state index contributed by atoms with van der Waals surface area (Å²) in [6, 6.07) is 17.9. The zero-order chi connectivity index (χ0) is 25.5. The topological polar surface area (TPSA) is 99.5 Å². The Labute approximate surface area is 214 Å². The number of hydrogen-bond donors (Lipinski definition) is 2. The van der Waals surface area contributed by atoms with Crippen LogP contribution in [0, 0.1) is 0 Å². The van der Waals surface area contributed by atoms with Crippen LogP contribution >= 0.6 is 0 Å². The highest BCUT2D eigenvalue weighted by Crippen LogP contribution is 2.44. The molecule has 3 aromatic carbocycles. The van der Waals surface area contributed by atoms with Crippen LogP contribution in [0.5, 0.6) is 17.2 Å². The molecule has 2 fully saturated rings. The SMILES string of the molecule is O=C1C(=O)N(c2ccc(N3CCCC3)cc2)C(c2ccc(O)cc2)/C1=C(/O)c1ccc2c(c1)OCCO2. The molecule has 3 aliphatic heterocycles. The van der Waals surface area contributed by atoms with Gasteiger partial charge in [-0.15, -0.1) is 0 Å². The number of benzene rings is 3. The number of nitrogens with zero attached hydrogens (tertiary/aromatic N) is 2. The molecule has 8 heteroatoms. The number of anilines is 2. The number of aliphatic hydroxyl groups excluding tert-OH is 1. The van der Waals surface area contributed by atoms with Gasteiger partial charge in [0.15, 0.2) is 11.5 Å². The predicted octanol–water partition coefficient (Wildman–Crippen LogP) is 4.39. The number of Topliss-reactive ketones (excluding diaryl/α,β-unsaturated/α-hetero) is 1. The maximum atomic E-state index is 13.4. The Morgan fingerprint density at radius 1 is 0.811 bits per heavy atom. The molecule has 3 aromatic rings. The summed E-state index contributed by atoms with van der Waals surface area (Å²) in [5.41, 5.74) is 2.51. The molecule has 37 heavy (non-hydrogen) atoms. The van der Waals surface area contributed by atoms with Crippen molar-refractivity contribution in [2.45, 2.75) is 18.9 Å². The molecule has 0 spiro atoms. The number of aliphatic hydroxyl groups is 1. The maximum Gasteiger partial charge on any atom is 0.300 e. The van der Waals surface area contributed by atoms with Gasteiger partial charge in [0.25, 0.3) is 11.7 Å². The number of carbonyl (C=O) groups is 2. The number of carbonyl (C=O) groups excluding carboxylic acids is 2. The van der Waals surface area contributed by atoms with Crippen molar-refractivity contribution in [2.75, 3.05) is 36.1 Å². The van der Waals surface area contributed by atoms with E-state index in [0.717, 1.165) is 31.6 Å². The zero-order valence-electron chi connectivity index (χ0n) is 20.1. The fraction of sp³-hybridized carbons (Fsp3) is 0.241. The van der Waals surface area contributed by atoms with E-state index in [9.17, 15) is 19.8 Å². The number of fused-ring (bicyclic) bond motifs is 1. The maximum absolute atomic E-state index is 13.4. The molecule has 0 aromatic heterocycles. The van der Waals surface area contributed by atoms with Crippen molar-refractivity contribution < 1.29 is 29.3 Å². The summed E-state index contributed by atoms with van der Waals surface area (Å²) >= 11 is 0. The van der Waals surface area contributed by atoms with Crippen LogP contribution in [0.1, 0.15) is 30.0 Å². The molecule has 188 valence electrons. The van der Waals surface area contributed by atoms with E-state index in [-0.39, 0.29) is 17.1 Å². The number of aromatic hydroxyl groups is 1. The normalized spacial score (nSPS) is 20.5. The second kappa shape index (κ2) is 9.20. The van der Waals surface area contributed by atoms with Crippen molar-refractivity contribution in [2.24, 2.45) is 0 Å². The first-order chi connectivity index (χ1) is 18.0. The molecule has 2 N–H and O–H groups in total. The zero-order valence-corrected chi connectivity index (χ0v) is 20.1. The van der Waals surface area contributed by atoms with Gasteiger partial charge in [0.1, 0.15) is 24.7 Å². The molecule has 0 aliphatic carbocycles. The van der Waals surface area contributed by atoms with Crippen LogP contribution in [-0.4, -0.2) is 48.2 Å². The highest BCUT2D eigenvalue weighted by Gasteiger charge is 2.47. The number of amides is 1. The molecule has 0 bridgehead atoms. The van der Waals surface area contributed by atoms with Crippen molar-refractivity contribution in [1.82, 2.24) is 0 Å². The number of rotatable bonds is 4. The van der Waals surface area contributed by atoms with Gasteiger partial charge in [-0.3, -0.25) is 14.5 Å². The molecular formula is C29H26N2O6. The van der Waals surface area contributed by atoms with Crippen LogP contribution in [-0.2, 0) is 9.59 Å². The van der Waals surface area contributed by atoms with Crippen LogP contribution in [0.4, 0.5) is 11.4 Å². The number of phenols is 1. The predicted molar refractivity (Wildman–Crippen MR) is 138 cm³/mol. The molecular weight excluding hydrogens is 472 g/mol. The molecule has 8 nitrogen and oxygen atoms in total. The molecule has 2 saturated heterocycles. The lowest BCUT2D eigenvalue weighted by atomic mass is 9.95. The quantitative estimate of drug-likeness (QED) is 0.313. The molecule has 0 saturated carbocycles. The summed E-state index contributed by atoms with van der Waals surface area (Å²) in [7, 11) is 0. The van der Waals surface area contributed by atoms with Crippen LogP contribution in [0.2, 0.25) is 0 Å². The first kappa shape index (κ1) is 23.0. The molecule has 1 unspecified atom stereocenters. The average Bonchev–Trinajstić information content (AvgIpc) is 3.56. The third kappa shape index (κ3) is 4.04. The Hall–Kier alpha value is -4.46. The minimum absolute atomic E-state index is 0.0315. The van der Waals surface area contributed by atoms with Crippen molar-refractivity contribution in [1.29, 1.82) is 0 Å². The van der Waals surface area contributed by atoms with E-state index in [1.165, 1.54) is 17.0 Å². The molecule has 3 aliphatic rings. The van der Waals surface area contributed by atoms with E-state index in [0.29, 0.717) is 41.5 Å². The number of phenolic OH excluding ortho intramolecular Hbond substituents is 1. The fourth-order valence-corrected chi connectivity index (χ4v) is 5.22. The van der Waals surface area contributed by atoms with Gasteiger partial charge in [-0.2, -0.15) is 0 Å². The van der Waals surface area contributed by atoms with Crippen LogP contribution < -0.4 is 19.3 Å². The van der Waals surface area contributed by atoms with E-state index in [4.69, 9.17) is 9.47 Å². The Kier molecular flexibility index (Phi) is 5.71. The smallest absolute Gasteiger partial charge is 0.300 e. The second-order valence-corrected chi connectivity index (χ2v) is 9.33. The first-order valence-corrected chi connectivity index (χ1v) is 12.4. The fourth-order valence-electron chi connectivity index (χ4n) is 5.22. The van der Waals surface area contributed by atoms with Crippen molar-refractivity contribution in [3.8, 4) is 17.2 Å². The summed E-state index contributed by atoms with van der Waals surface area (Å²) < 4.78 is 11.2. The lowest BCUT2D eigenvalue weighted by Gasteiger charge is -2.26. The minimum Gasteiger partial charge on any atom is -0.508 e. The van der Waals surface area contributed by atoms with Gasteiger partial charge in [0.05, 0.1) is 11.6 Å². The Morgan fingerprint density at radius 2 is 1.46 bits per heavy atom. The molecule has 1 atom stereocenters. The largest absolute Gasteiger partial charge is 0.508 e. The molecule has 0 radical (unpaired) electrons. The van der Waals surface area contributed by atoms with Crippen LogP contribution in [0.15, 0.2) is 72.3 Å². The summed E-state index contributed by atoms with van der Waals surface area (Å²) in [4.78, 5) is 30.5. The summed E-state index contributed by atoms with van der Waals surface area (Å²) in [6.07, 6.45) is 2.30. The van der Waals surface area contributed by atoms with E-state index in [1.54, 1.807) is 30.3 Å². The molecule has 3 heterocycles. The Balaban J connectivity index is 1.45. The van der Waals surface area contributed by atoms with Crippen molar-refractivity contribution >= 4 is 28.8 Å². The van der Waals surface area contributed by atoms with Gasteiger partial charge in [-0.1, -0.05) is 12.1 Å². The van der Waals surface area contributed by atoms with Gasteiger partial charge in [-0.25, -0.2) is 0 Å². The summed E-state index contributed by atoms with van der Waals surface area (Å²) in [5, 5.41) is 21.2. The third-order valence-electron chi connectivity index (χ3n) is 7.07. The first-order valence-electron chi connectivity index (χ1n) is 12.4. The van der Waals surface area contributed by atoms with Gasteiger partial charge in [0, 0.05) is 30.0 Å². The average molecular weight is 499 g/mol. The van der Waals surface area contributed by atoms with Crippen molar-refractivity contribution in [3.05, 3.63) is 83.4 Å². The lowest BCUT2D eigenvalue weighted by Crippen LogP contribution is -2.29. The summed E-state index contributed by atoms with van der Waals surface area (Å²) in [5.74, 6) is -0.744. The van der Waals surface area contributed by atoms with Gasteiger partial charge in [0.2, 0.25) is 0 Å². The van der Waals surface area contributed by atoms with E-state index in [1.807, 2.05) is 24.3 Å². The third-order valence-corrected chi connectivity index (χ3v) is 7.07. The highest BCUT2D eigenvalue weighted by atomic mass is 16.6. The highest BCUT2D eigenvalue weighted by molar-refractivity contribution is 6.51. The number of ether oxygens (including phenoxy) is 2. The van der Waals surface area contributed by atoms with Crippen LogP contribution in [0.25, 0.3) is 5.76 Å². The Bertz CT molecular complexity index is 1390. The summed E-state index contributed by atoms with van der Waals surface area (Å²) in [6.45, 7) is 2.79. The van der Waals surface area contributed by atoms with Gasteiger partial charge in [-0.05, 0) is 73.0 Å². The lowest BCUT2D eigenvalue weighted by molar-refractivity contribution is -0.132. The van der Waals surface area contributed by atoms with Crippen molar-refractivity contribution in [3.63, 3.8) is 0 Å². The molecule has 1 amide bonds. The van der Waals surface area contributed by atoms with Crippen LogP contribution in [0.3, 0.4) is 0 Å². The molecule has 6 rings (SSSR count). The van der Waals surface area contributed by atoms with E-state index < -0.39 is 17.7 Å². The number of ketones is 1. The Morgan fingerprint density at radius 3 is 2.16 bits per heavy atom. The standard InChI is InChI=1S/C29H26N2O6/c32-22-10-3-18(4-11-22)26-25(27(33)19-5-12-23-24(17-19)37-16-15-36-23)28(34)29(35)31(26)21-8-6-20(7-9-21)30-13-1-2-14-30/h3-12,17,26,32-33H,1-2,13-16H2/b27-25-. The minimum atomic E-state index is -0.883. The van der Waals surface area contributed by atoms with Gasteiger partial charge >= 0.3 is 0 Å².